The smallest absolute Gasteiger partial charge is 0.165 e. The zero-order valence-corrected chi connectivity index (χ0v) is 15.9. The highest BCUT2D eigenvalue weighted by atomic mass is 32.2. The number of nitriles is 1. The summed E-state index contributed by atoms with van der Waals surface area (Å²) in [5.74, 6) is -0.698. The first-order valence-corrected chi connectivity index (χ1v) is 10.7. The van der Waals surface area contributed by atoms with Gasteiger partial charge in [-0.3, -0.25) is 9.98 Å². The van der Waals surface area contributed by atoms with Crippen LogP contribution in [-0.4, -0.2) is 29.7 Å². The van der Waals surface area contributed by atoms with Gasteiger partial charge in [0.2, 0.25) is 0 Å². The Morgan fingerprint density at radius 1 is 1.18 bits per heavy atom. The van der Waals surface area contributed by atoms with E-state index in [-0.39, 0.29) is 17.2 Å². The van der Waals surface area contributed by atoms with Crippen LogP contribution in [0.15, 0.2) is 41.7 Å². The lowest BCUT2D eigenvalue weighted by Crippen LogP contribution is -2.53. The van der Waals surface area contributed by atoms with Crippen LogP contribution >= 0.6 is 0 Å². The summed E-state index contributed by atoms with van der Waals surface area (Å²) in [5.41, 5.74) is 7.96. The van der Waals surface area contributed by atoms with Crippen molar-refractivity contribution in [1.29, 1.82) is 5.26 Å². The van der Waals surface area contributed by atoms with Gasteiger partial charge in [0.25, 0.3) is 0 Å². The van der Waals surface area contributed by atoms with Crippen molar-refractivity contribution in [2.45, 2.75) is 36.5 Å². The molecule has 0 amide bonds. The predicted octanol–water partition coefficient (Wildman–Crippen LogP) is 2.90. The van der Waals surface area contributed by atoms with Gasteiger partial charge in [-0.25, -0.2) is 12.8 Å². The zero-order valence-electron chi connectivity index (χ0n) is 15.1. The maximum Gasteiger partial charge on any atom is 0.165 e. The molecule has 0 saturated heterocycles. The summed E-state index contributed by atoms with van der Waals surface area (Å²) in [7, 11) is -3.55. The molecular formula is C20H19FN4O2S. The highest BCUT2D eigenvalue weighted by Crippen LogP contribution is 2.43. The Hall–Kier alpha value is -2.79. The van der Waals surface area contributed by atoms with Crippen molar-refractivity contribution in [1.82, 2.24) is 4.98 Å². The second-order valence-corrected chi connectivity index (χ2v) is 9.67. The van der Waals surface area contributed by atoms with Crippen LogP contribution in [0, 0.1) is 17.1 Å². The van der Waals surface area contributed by atoms with Gasteiger partial charge >= 0.3 is 0 Å². The molecule has 8 heteroatoms. The van der Waals surface area contributed by atoms with E-state index in [4.69, 9.17) is 11.0 Å². The van der Waals surface area contributed by atoms with Gasteiger partial charge in [-0.15, -0.1) is 0 Å². The maximum atomic E-state index is 14.6. The lowest BCUT2D eigenvalue weighted by Gasteiger charge is -2.34. The van der Waals surface area contributed by atoms with Crippen molar-refractivity contribution >= 4 is 15.7 Å². The average Bonchev–Trinajstić information content (AvgIpc) is 3.18. The number of benzene rings is 1. The van der Waals surface area contributed by atoms with Gasteiger partial charge < -0.3 is 5.73 Å². The van der Waals surface area contributed by atoms with Crippen molar-refractivity contribution < 1.29 is 12.8 Å². The van der Waals surface area contributed by atoms with E-state index < -0.39 is 26.4 Å². The molecule has 28 heavy (non-hydrogen) atoms. The average molecular weight is 398 g/mol. The van der Waals surface area contributed by atoms with Crippen LogP contribution in [0.5, 0.6) is 0 Å². The molecule has 1 atom stereocenters. The van der Waals surface area contributed by atoms with Gasteiger partial charge in [-0.05, 0) is 36.6 Å². The molecule has 6 nitrogen and oxygen atoms in total. The molecule has 1 aromatic carbocycles. The van der Waals surface area contributed by atoms with E-state index >= 15 is 0 Å². The van der Waals surface area contributed by atoms with Crippen LogP contribution in [0.4, 0.5) is 4.39 Å². The van der Waals surface area contributed by atoms with E-state index in [0.29, 0.717) is 29.5 Å². The largest absolute Gasteiger partial charge is 0.386 e. The number of sulfone groups is 1. The van der Waals surface area contributed by atoms with Gasteiger partial charge in [0, 0.05) is 23.5 Å². The van der Waals surface area contributed by atoms with E-state index in [9.17, 15) is 12.8 Å². The lowest BCUT2D eigenvalue weighted by atomic mass is 9.99. The Bertz CT molecular complexity index is 1120. The number of pyridine rings is 1. The molecule has 2 aliphatic rings. The molecule has 0 radical (unpaired) electrons. The summed E-state index contributed by atoms with van der Waals surface area (Å²) >= 11 is 0. The van der Waals surface area contributed by atoms with Crippen LogP contribution in [0.1, 0.15) is 42.9 Å². The summed E-state index contributed by atoms with van der Waals surface area (Å²) in [6.45, 7) is 0. The molecule has 2 heterocycles. The Morgan fingerprint density at radius 3 is 2.61 bits per heavy atom. The van der Waals surface area contributed by atoms with E-state index in [1.807, 2.05) is 6.07 Å². The number of hydrogen-bond donors (Lipinski definition) is 1. The molecule has 1 aliphatic carbocycles. The minimum Gasteiger partial charge on any atom is -0.386 e. The van der Waals surface area contributed by atoms with Gasteiger partial charge in [-0.1, -0.05) is 18.9 Å². The number of aliphatic imine (C=N–C) groups is 1. The van der Waals surface area contributed by atoms with Crippen LogP contribution in [0.2, 0.25) is 0 Å². The third-order valence-electron chi connectivity index (χ3n) is 5.70. The van der Waals surface area contributed by atoms with E-state index in [1.165, 1.54) is 12.3 Å². The maximum absolute atomic E-state index is 14.6. The van der Waals surface area contributed by atoms with E-state index in [0.717, 1.165) is 12.8 Å². The second-order valence-electron chi connectivity index (χ2n) is 7.32. The van der Waals surface area contributed by atoms with Crippen LogP contribution in [0.25, 0.3) is 11.1 Å². The van der Waals surface area contributed by atoms with Gasteiger partial charge in [0.05, 0.1) is 17.4 Å². The fourth-order valence-corrected chi connectivity index (χ4v) is 6.43. The number of aromatic nitrogens is 1. The molecule has 1 aromatic heterocycles. The van der Waals surface area contributed by atoms with Crippen molar-refractivity contribution in [3.8, 4) is 17.2 Å². The SMILES string of the molecule is N#Cc1cncc(-c2ccc(F)c(C3CS(=O)(=O)C4(CCCC4)C(N)=N3)c2)c1. The van der Waals surface area contributed by atoms with Crippen molar-refractivity contribution in [3.05, 3.63) is 53.6 Å². The third kappa shape index (κ3) is 2.87. The monoisotopic (exact) mass is 398 g/mol. The third-order valence-corrected chi connectivity index (χ3v) is 8.26. The number of rotatable bonds is 2. The molecule has 4 rings (SSSR count). The number of amidine groups is 1. The van der Waals surface area contributed by atoms with Crippen LogP contribution in [0.3, 0.4) is 0 Å². The quantitative estimate of drug-likeness (QED) is 0.836. The van der Waals surface area contributed by atoms with Crippen molar-refractivity contribution in [3.63, 3.8) is 0 Å². The summed E-state index contributed by atoms with van der Waals surface area (Å²) < 4.78 is 39.6. The van der Waals surface area contributed by atoms with Crippen molar-refractivity contribution in [2.75, 3.05) is 5.75 Å². The first-order valence-electron chi connectivity index (χ1n) is 9.07. The fraction of sp³-hybridized carbons (Fsp3) is 0.350. The molecule has 1 fully saturated rings. The summed E-state index contributed by atoms with van der Waals surface area (Å²) in [5, 5.41) is 9.05. The minimum atomic E-state index is -3.55. The van der Waals surface area contributed by atoms with Crippen molar-refractivity contribution in [2.24, 2.45) is 10.7 Å². The summed E-state index contributed by atoms with van der Waals surface area (Å²) in [4.78, 5) is 8.44. The molecule has 1 aliphatic heterocycles. The number of hydrogen-bond acceptors (Lipinski definition) is 6. The first kappa shape index (κ1) is 18.6. The van der Waals surface area contributed by atoms with Gasteiger partial charge in [-0.2, -0.15) is 5.26 Å². The molecule has 1 saturated carbocycles. The first-order chi connectivity index (χ1) is 13.4. The normalized spacial score (nSPS) is 22.6. The van der Waals surface area contributed by atoms with Gasteiger partial charge in [0.1, 0.15) is 22.5 Å². The predicted molar refractivity (Wildman–Crippen MR) is 104 cm³/mol. The highest BCUT2D eigenvalue weighted by Gasteiger charge is 2.52. The molecule has 1 unspecified atom stereocenters. The molecule has 1 spiro atoms. The molecule has 144 valence electrons. The Morgan fingerprint density at radius 2 is 1.93 bits per heavy atom. The number of halogens is 1. The van der Waals surface area contributed by atoms with E-state index in [1.54, 1.807) is 24.4 Å². The highest BCUT2D eigenvalue weighted by molar-refractivity contribution is 7.93. The minimum absolute atomic E-state index is 0.0965. The van der Waals surface area contributed by atoms with E-state index in [2.05, 4.69) is 9.98 Å². The van der Waals surface area contributed by atoms with Gasteiger partial charge in [0.15, 0.2) is 9.84 Å². The van der Waals surface area contributed by atoms with Crippen LogP contribution < -0.4 is 5.73 Å². The number of nitrogens with two attached hydrogens (primary N) is 1. The lowest BCUT2D eigenvalue weighted by molar-refractivity contribution is 0.537. The zero-order chi connectivity index (χ0) is 19.9. The fourth-order valence-electron chi connectivity index (χ4n) is 4.16. The molecule has 2 aromatic rings. The molecule has 0 bridgehead atoms. The standard InChI is InChI=1S/C20H19FN4O2S/c21-17-4-3-14(15-7-13(9-22)10-24-11-15)8-16(17)18-12-28(26,27)20(19(23)25-18)5-1-2-6-20/h3-4,7-8,10-11,18H,1-2,5-6,12H2,(H2,23,25). The summed E-state index contributed by atoms with van der Waals surface area (Å²) in [6, 6.07) is 7.19. The molecule has 2 N–H and O–H groups in total. The Labute approximate surface area is 162 Å². The molecular weight excluding hydrogens is 379 g/mol. The second kappa shape index (κ2) is 6.67. The summed E-state index contributed by atoms with van der Waals surface area (Å²) in [6.07, 6.45) is 5.56. The topological polar surface area (TPSA) is 109 Å². The Balaban J connectivity index is 1.78. The van der Waals surface area contributed by atoms with Crippen LogP contribution in [-0.2, 0) is 9.84 Å². The Kier molecular flexibility index (Phi) is 4.42. The number of nitrogens with zero attached hydrogens (tertiary/aromatic N) is 3.